The van der Waals surface area contributed by atoms with Crippen LogP contribution in [0.15, 0.2) is 54.0 Å². The number of hydrogen-bond acceptors (Lipinski definition) is 8. The summed E-state index contributed by atoms with van der Waals surface area (Å²) in [7, 11) is 0. The molecule has 1 fully saturated rings. The Kier molecular flexibility index (Phi) is 8.38. The number of nitrogens with zero attached hydrogens (tertiary/aromatic N) is 6. The number of halogens is 1. The van der Waals surface area contributed by atoms with Gasteiger partial charge in [-0.15, -0.1) is 11.3 Å². The maximum atomic E-state index is 6.15. The maximum absolute atomic E-state index is 6.15. The molecule has 7 nitrogen and oxygen atoms in total. The van der Waals surface area contributed by atoms with Gasteiger partial charge in [-0.1, -0.05) is 24.6 Å². The summed E-state index contributed by atoms with van der Waals surface area (Å²) < 4.78 is 0. The number of aromatic nitrogens is 3. The highest BCUT2D eigenvalue weighted by molar-refractivity contribution is 7.09. The van der Waals surface area contributed by atoms with Crippen molar-refractivity contribution < 1.29 is 0 Å². The van der Waals surface area contributed by atoms with Gasteiger partial charge in [0.15, 0.2) is 0 Å². The van der Waals surface area contributed by atoms with Gasteiger partial charge in [-0.05, 0) is 55.6 Å². The van der Waals surface area contributed by atoms with E-state index in [0.717, 1.165) is 92.8 Å². The van der Waals surface area contributed by atoms with Crippen molar-refractivity contribution in [3.8, 4) is 0 Å². The molecule has 37 heavy (non-hydrogen) atoms. The van der Waals surface area contributed by atoms with Crippen LogP contribution in [-0.4, -0.2) is 65.7 Å². The van der Waals surface area contributed by atoms with Crippen LogP contribution in [0.5, 0.6) is 0 Å². The topological polar surface area (TPSA) is 60.4 Å². The van der Waals surface area contributed by atoms with Crippen LogP contribution in [0.3, 0.4) is 0 Å². The van der Waals surface area contributed by atoms with Crippen LogP contribution >= 0.6 is 22.9 Å². The van der Waals surface area contributed by atoms with Crippen LogP contribution in [-0.2, 0) is 6.54 Å². The highest BCUT2D eigenvalue weighted by Crippen LogP contribution is 2.25. The summed E-state index contributed by atoms with van der Waals surface area (Å²) in [5.41, 5.74) is 2.98. The highest BCUT2D eigenvalue weighted by Gasteiger charge is 2.20. The van der Waals surface area contributed by atoms with Gasteiger partial charge in [-0.3, -0.25) is 4.98 Å². The zero-order valence-electron chi connectivity index (χ0n) is 21.5. The van der Waals surface area contributed by atoms with Crippen molar-refractivity contribution in [1.29, 1.82) is 0 Å². The molecule has 0 saturated carbocycles. The molecule has 5 rings (SSSR count). The second-order valence-corrected chi connectivity index (χ2v) is 10.9. The molecule has 1 N–H and O–H groups in total. The summed E-state index contributed by atoms with van der Waals surface area (Å²) in [5, 5.41) is 7.51. The average molecular weight is 536 g/mol. The van der Waals surface area contributed by atoms with E-state index in [0.29, 0.717) is 5.02 Å². The Labute approximate surface area is 228 Å². The molecule has 194 valence electrons. The molecule has 1 aliphatic rings. The van der Waals surface area contributed by atoms with Crippen molar-refractivity contribution in [1.82, 2.24) is 19.9 Å². The molecule has 0 atom stereocenters. The lowest BCUT2D eigenvalue weighted by molar-refractivity contribution is 0.270. The number of rotatable bonds is 10. The summed E-state index contributed by atoms with van der Waals surface area (Å²) in [4.78, 5) is 22.9. The summed E-state index contributed by atoms with van der Waals surface area (Å²) >= 11 is 7.93. The molecule has 1 saturated heterocycles. The van der Waals surface area contributed by atoms with Crippen molar-refractivity contribution in [3.05, 3.63) is 69.6 Å². The van der Waals surface area contributed by atoms with Crippen molar-refractivity contribution >= 4 is 51.3 Å². The zero-order chi connectivity index (χ0) is 25.6. The smallest absolute Gasteiger partial charge is 0.227 e. The van der Waals surface area contributed by atoms with E-state index >= 15 is 0 Å². The fourth-order valence-corrected chi connectivity index (χ4v) is 5.63. The lowest BCUT2D eigenvalue weighted by atomic mass is 10.2. The van der Waals surface area contributed by atoms with Crippen molar-refractivity contribution in [2.75, 3.05) is 60.9 Å². The number of benzene rings is 1. The minimum absolute atomic E-state index is 0.700. The molecule has 4 heterocycles. The van der Waals surface area contributed by atoms with Crippen LogP contribution in [0.1, 0.15) is 23.9 Å². The number of anilines is 3. The third kappa shape index (κ3) is 6.50. The summed E-state index contributed by atoms with van der Waals surface area (Å²) in [5.74, 6) is 1.85. The van der Waals surface area contributed by atoms with Crippen molar-refractivity contribution in [2.45, 2.75) is 26.8 Å². The number of pyridine rings is 1. The minimum Gasteiger partial charge on any atom is -0.384 e. The van der Waals surface area contributed by atoms with Crippen molar-refractivity contribution in [2.24, 2.45) is 0 Å². The number of hydrogen-bond donors (Lipinski definition) is 1. The highest BCUT2D eigenvalue weighted by atomic mass is 35.5. The van der Waals surface area contributed by atoms with Gasteiger partial charge in [0.2, 0.25) is 5.95 Å². The van der Waals surface area contributed by atoms with Gasteiger partial charge in [0.25, 0.3) is 0 Å². The number of aryl methyl sites for hydroxylation is 1. The van der Waals surface area contributed by atoms with E-state index in [4.69, 9.17) is 21.6 Å². The van der Waals surface area contributed by atoms with Gasteiger partial charge < -0.3 is 20.0 Å². The van der Waals surface area contributed by atoms with Gasteiger partial charge in [0, 0.05) is 78.2 Å². The van der Waals surface area contributed by atoms with Crippen molar-refractivity contribution in [3.63, 3.8) is 0 Å². The molecular weight excluding hydrogens is 502 g/mol. The maximum Gasteiger partial charge on any atom is 0.227 e. The van der Waals surface area contributed by atoms with E-state index in [1.165, 1.54) is 4.88 Å². The number of fused-ring (bicyclic) bond motifs is 1. The van der Waals surface area contributed by atoms with E-state index in [2.05, 4.69) is 62.4 Å². The molecule has 0 aliphatic carbocycles. The van der Waals surface area contributed by atoms with E-state index in [9.17, 15) is 0 Å². The minimum atomic E-state index is 0.700. The zero-order valence-corrected chi connectivity index (χ0v) is 23.1. The Bertz CT molecular complexity index is 1310. The Morgan fingerprint density at radius 2 is 1.95 bits per heavy atom. The predicted octanol–water partition coefficient (Wildman–Crippen LogP) is 5.70. The molecule has 4 aromatic rings. The van der Waals surface area contributed by atoms with Crippen LogP contribution in [0.2, 0.25) is 5.02 Å². The van der Waals surface area contributed by atoms with E-state index in [1.54, 1.807) is 11.3 Å². The third-order valence-corrected chi connectivity index (χ3v) is 7.90. The second-order valence-electron chi connectivity index (χ2n) is 9.39. The monoisotopic (exact) mass is 535 g/mol. The number of piperazine rings is 1. The Morgan fingerprint density at radius 3 is 2.73 bits per heavy atom. The van der Waals surface area contributed by atoms with Crippen LogP contribution in [0.4, 0.5) is 17.5 Å². The first-order valence-electron chi connectivity index (χ1n) is 13.0. The lowest BCUT2D eigenvalue weighted by Crippen LogP contribution is -2.46. The summed E-state index contributed by atoms with van der Waals surface area (Å²) in [6.45, 7) is 12.1. The van der Waals surface area contributed by atoms with Crippen LogP contribution in [0, 0.1) is 6.92 Å². The fraction of sp³-hybridized carbons (Fsp3) is 0.393. The summed E-state index contributed by atoms with van der Waals surface area (Å²) in [6.07, 6.45) is 2.77. The Hall–Kier alpha value is -2.94. The van der Waals surface area contributed by atoms with Gasteiger partial charge in [-0.25, -0.2) is 4.98 Å². The van der Waals surface area contributed by atoms with Gasteiger partial charge in [0.05, 0.1) is 12.1 Å². The molecule has 0 amide bonds. The quantitative estimate of drug-likeness (QED) is 0.261. The molecule has 0 spiro atoms. The molecule has 0 bridgehead atoms. The molecule has 1 aliphatic heterocycles. The SMILES string of the molecule is CCN1CCN(c2cc(C)nc(N(CCCNc3ccnc4cc(Cl)ccc34)Cc3cccs3)n2)CC1. The van der Waals surface area contributed by atoms with Gasteiger partial charge >= 0.3 is 0 Å². The largest absolute Gasteiger partial charge is 0.384 e. The lowest BCUT2D eigenvalue weighted by Gasteiger charge is -2.35. The first kappa shape index (κ1) is 25.7. The van der Waals surface area contributed by atoms with Gasteiger partial charge in [0.1, 0.15) is 5.82 Å². The molecule has 0 unspecified atom stereocenters. The molecule has 1 aromatic carbocycles. The molecular formula is C28H34ClN7S. The fourth-order valence-electron chi connectivity index (χ4n) is 4.74. The standard InChI is InChI=1S/C28H34ClN7S/c1-3-34-13-15-35(16-14-34)27-18-21(2)32-28(33-27)36(20-23-6-4-17-37-23)12-5-10-30-25-9-11-31-26-19-22(29)7-8-24(25)26/h4,6-9,11,17-19H,3,5,10,12-16,20H2,1-2H3,(H,30,31). The second kappa shape index (κ2) is 12.1. The van der Waals surface area contributed by atoms with Crippen LogP contribution in [0.25, 0.3) is 10.9 Å². The molecule has 9 heteroatoms. The molecule has 0 radical (unpaired) electrons. The van der Waals surface area contributed by atoms with Crippen LogP contribution < -0.4 is 15.1 Å². The first-order valence-corrected chi connectivity index (χ1v) is 14.2. The third-order valence-electron chi connectivity index (χ3n) is 6.81. The number of likely N-dealkylation sites (N-methyl/N-ethyl adjacent to an activating group) is 1. The van der Waals surface area contributed by atoms with E-state index in [1.807, 2.05) is 30.5 Å². The van der Waals surface area contributed by atoms with Gasteiger partial charge in [-0.2, -0.15) is 4.98 Å². The predicted molar refractivity (Wildman–Crippen MR) is 156 cm³/mol. The Morgan fingerprint density at radius 1 is 1.08 bits per heavy atom. The van der Waals surface area contributed by atoms with E-state index in [-0.39, 0.29) is 0 Å². The number of thiophene rings is 1. The summed E-state index contributed by atoms with van der Waals surface area (Å²) in [6, 6.07) is 14.3. The first-order chi connectivity index (χ1) is 18.1. The number of nitrogens with one attached hydrogen (secondary N) is 1. The van der Waals surface area contributed by atoms with E-state index < -0.39 is 0 Å². The molecule has 3 aromatic heterocycles. The average Bonchev–Trinajstić information content (AvgIpc) is 3.43. The normalized spacial score (nSPS) is 14.3. The Balaban J connectivity index is 1.29.